The van der Waals surface area contributed by atoms with Crippen LogP contribution in [0.15, 0.2) is 18.2 Å². The largest absolute Gasteiger partial charge is 0.314 e. The van der Waals surface area contributed by atoms with Crippen LogP contribution in [-0.4, -0.2) is 30.6 Å². The first-order chi connectivity index (χ1) is 9.06. The molecular weight excluding hydrogens is 239 g/mol. The van der Waals surface area contributed by atoms with Gasteiger partial charge in [0.25, 0.3) is 0 Å². The third kappa shape index (κ3) is 4.02. The summed E-state index contributed by atoms with van der Waals surface area (Å²) in [6.45, 7) is 10.7. The minimum Gasteiger partial charge on any atom is -0.314 e. The van der Waals surface area contributed by atoms with Gasteiger partial charge >= 0.3 is 0 Å². The van der Waals surface area contributed by atoms with Crippen LogP contribution in [0.5, 0.6) is 0 Å². The monoisotopic (exact) mass is 264 g/mol. The van der Waals surface area contributed by atoms with E-state index >= 15 is 0 Å². The van der Waals surface area contributed by atoms with Gasteiger partial charge in [-0.25, -0.2) is 4.39 Å². The van der Waals surface area contributed by atoms with Crippen molar-refractivity contribution >= 4 is 0 Å². The van der Waals surface area contributed by atoms with E-state index in [4.69, 9.17) is 0 Å². The van der Waals surface area contributed by atoms with Gasteiger partial charge < -0.3 is 5.32 Å². The number of aryl methyl sites for hydroxylation is 1. The molecule has 2 rings (SSSR count). The zero-order valence-electron chi connectivity index (χ0n) is 12.2. The van der Waals surface area contributed by atoms with Crippen molar-refractivity contribution in [3.05, 3.63) is 35.1 Å². The molecule has 1 heterocycles. The summed E-state index contributed by atoms with van der Waals surface area (Å²) in [5, 5.41) is 3.48. The van der Waals surface area contributed by atoms with Crippen molar-refractivity contribution < 1.29 is 4.39 Å². The summed E-state index contributed by atoms with van der Waals surface area (Å²) in [5.41, 5.74) is 2.30. The molecular formula is C16H25FN2. The quantitative estimate of drug-likeness (QED) is 0.899. The van der Waals surface area contributed by atoms with E-state index in [1.165, 1.54) is 12.0 Å². The number of nitrogens with one attached hydrogen (secondary N) is 1. The number of halogens is 1. The molecule has 1 aromatic rings. The second-order valence-corrected chi connectivity index (χ2v) is 6.03. The lowest BCUT2D eigenvalue weighted by molar-refractivity contribution is 0.134. The minimum absolute atomic E-state index is 0.139. The Morgan fingerprint density at radius 2 is 2.21 bits per heavy atom. The smallest absolute Gasteiger partial charge is 0.123 e. The van der Waals surface area contributed by atoms with Crippen LogP contribution in [0.2, 0.25) is 0 Å². The molecule has 106 valence electrons. The fourth-order valence-corrected chi connectivity index (χ4v) is 2.84. The number of nitrogens with zero attached hydrogens (tertiary/aromatic N) is 1. The van der Waals surface area contributed by atoms with E-state index in [9.17, 15) is 4.39 Å². The molecule has 1 fully saturated rings. The Morgan fingerprint density at radius 3 is 2.89 bits per heavy atom. The molecule has 0 bridgehead atoms. The summed E-state index contributed by atoms with van der Waals surface area (Å²) in [4.78, 5) is 2.54. The summed E-state index contributed by atoms with van der Waals surface area (Å²) in [6.07, 6.45) is 1.22. The second-order valence-electron chi connectivity index (χ2n) is 6.03. The molecule has 1 unspecified atom stereocenters. The van der Waals surface area contributed by atoms with Gasteiger partial charge in [0.15, 0.2) is 0 Å². The summed E-state index contributed by atoms with van der Waals surface area (Å²) in [5.74, 6) is 0.571. The van der Waals surface area contributed by atoms with Gasteiger partial charge in [0, 0.05) is 32.2 Å². The fraction of sp³-hybridized carbons (Fsp3) is 0.625. The Kier molecular flexibility index (Phi) is 4.94. The zero-order valence-corrected chi connectivity index (χ0v) is 12.2. The van der Waals surface area contributed by atoms with E-state index in [1.54, 1.807) is 12.1 Å². The van der Waals surface area contributed by atoms with Crippen LogP contribution in [0.25, 0.3) is 0 Å². The number of piperazine rings is 1. The van der Waals surface area contributed by atoms with E-state index < -0.39 is 0 Å². The standard InChI is InChI=1S/C16H25FN2/c1-12(2)8-16-10-18-6-7-19(16)11-14-4-5-15(17)9-13(14)3/h4-5,9,12,16,18H,6-8,10-11H2,1-3H3. The van der Waals surface area contributed by atoms with Crippen LogP contribution in [0.4, 0.5) is 4.39 Å². The Labute approximate surface area is 116 Å². The molecule has 1 N–H and O–H groups in total. The van der Waals surface area contributed by atoms with Crippen molar-refractivity contribution in [3.63, 3.8) is 0 Å². The van der Waals surface area contributed by atoms with Gasteiger partial charge in [-0.2, -0.15) is 0 Å². The molecule has 0 radical (unpaired) electrons. The number of hydrogen-bond donors (Lipinski definition) is 1. The molecule has 1 aliphatic heterocycles. The lowest BCUT2D eigenvalue weighted by Crippen LogP contribution is -2.51. The van der Waals surface area contributed by atoms with Gasteiger partial charge in [-0.3, -0.25) is 4.90 Å². The molecule has 19 heavy (non-hydrogen) atoms. The number of hydrogen-bond acceptors (Lipinski definition) is 2. The Bertz CT molecular complexity index is 417. The Morgan fingerprint density at radius 1 is 1.42 bits per heavy atom. The van der Waals surface area contributed by atoms with Crippen molar-refractivity contribution in [2.75, 3.05) is 19.6 Å². The molecule has 1 aromatic carbocycles. The van der Waals surface area contributed by atoms with Crippen LogP contribution >= 0.6 is 0 Å². The maximum atomic E-state index is 13.2. The first-order valence-electron chi connectivity index (χ1n) is 7.26. The van der Waals surface area contributed by atoms with Crippen molar-refractivity contribution in [1.82, 2.24) is 10.2 Å². The zero-order chi connectivity index (χ0) is 13.8. The lowest BCUT2D eigenvalue weighted by atomic mass is 9.99. The van der Waals surface area contributed by atoms with E-state index in [0.717, 1.165) is 31.7 Å². The lowest BCUT2D eigenvalue weighted by Gasteiger charge is -2.37. The van der Waals surface area contributed by atoms with Crippen LogP contribution < -0.4 is 5.32 Å². The highest BCUT2D eigenvalue weighted by Crippen LogP contribution is 2.19. The molecule has 0 aromatic heterocycles. The fourth-order valence-electron chi connectivity index (χ4n) is 2.84. The van der Waals surface area contributed by atoms with Gasteiger partial charge in [0.05, 0.1) is 0 Å². The number of rotatable bonds is 4. The molecule has 2 nitrogen and oxygen atoms in total. The maximum absolute atomic E-state index is 13.2. The third-order valence-corrected chi connectivity index (χ3v) is 3.89. The van der Waals surface area contributed by atoms with Crippen molar-refractivity contribution in [2.45, 2.75) is 39.8 Å². The highest BCUT2D eigenvalue weighted by molar-refractivity contribution is 5.26. The average Bonchev–Trinajstić information content (AvgIpc) is 2.34. The first-order valence-corrected chi connectivity index (χ1v) is 7.26. The van der Waals surface area contributed by atoms with Gasteiger partial charge in [-0.05, 0) is 42.5 Å². The van der Waals surface area contributed by atoms with Gasteiger partial charge in [-0.1, -0.05) is 19.9 Å². The van der Waals surface area contributed by atoms with Gasteiger partial charge in [-0.15, -0.1) is 0 Å². The summed E-state index contributed by atoms with van der Waals surface area (Å²) in [7, 11) is 0. The van der Waals surface area contributed by atoms with Gasteiger partial charge in [0.1, 0.15) is 5.82 Å². The van der Waals surface area contributed by atoms with E-state index in [1.807, 2.05) is 13.0 Å². The Balaban J connectivity index is 2.06. The minimum atomic E-state index is -0.139. The topological polar surface area (TPSA) is 15.3 Å². The average molecular weight is 264 g/mol. The van der Waals surface area contributed by atoms with E-state index in [0.29, 0.717) is 12.0 Å². The van der Waals surface area contributed by atoms with Crippen molar-refractivity contribution in [1.29, 1.82) is 0 Å². The summed E-state index contributed by atoms with van der Waals surface area (Å²) in [6, 6.07) is 5.73. The molecule has 0 saturated carbocycles. The SMILES string of the molecule is Cc1cc(F)ccc1CN1CCNCC1CC(C)C. The molecule has 0 aliphatic carbocycles. The molecule has 3 heteroatoms. The van der Waals surface area contributed by atoms with Crippen molar-refractivity contribution in [3.8, 4) is 0 Å². The number of benzene rings is 1. The summed E-state index contributed by atoms with van der Waals surface area (Å²) >= 11 is 0. The predicted octanol–water partition coefficient (Wildman–Crippen LogP) is 2.95. The summed E-state index contributed by atoms with van der Waals surface area (Å²) < 4.78 is 13.2. The molecule has 0 spiro atoms. The molecule has 0 amide bonds. The molecule has 1 saturated heterocycles. The van der Waals surface area contributed by atoms with Crippen LogP contribution in [-0.2, 0) is 6.54 Å². The van der Waals surface area contributed by atoms with E-state index in [2.05, 4.69) is 24.1 Å². The normalized spacial score (nSPS) is 21.0. The van der Waals surface area contributed by atoms with Crippen molar-refractivity contribution in [2.24, 2.45) is 5.92 Å². The highest BCUT2D eigenvalue weighted by atomic mass is 19.1. The van der Waals surface area contributed by atoms with Gasteiger partial charge in [0.2, 0.25) is 0 Å². The third-order valence-electron chi connectivity index (χ3n) is 3.89. The Hall–Kier alpha value is -0.930. The maximum Gasteiger partial charge on any atom is 0.123 e. The van der Waals surface area contributed by atoms with Crippen LogP contribution in [0.3, 0.4) is 0 Å². The van der Waals surface area contributed by atoms with E-state index in [-0.39, 0.29) is 5.82 Å². The molecule has 1 atom stereocenters. The van der Waals surface area contributed by atoms with Crippen LogP contribution in [0, 0.1) is 18.7 Å². The first kappa shape index (κ1) is 14.5. The van der Waals surface area contributed by atoms with Crippen LogP contribution in [0.1, 0.15) is 31.4 Å². The highest BCUT2D eigenvalue weighted by Gasteiger charge is 2.23. The second kappa shape index (κ2) is 6.49. The predicted molar refractivity (Wildman–Crippen MR) is 77.7 cm³/mol. The molecule has 1 aliphatic rings.